The third-order valence-corrected chi connectivity index (χ3v) is 4.82. The van der Waals surface area contributed by atoms with Crippen LogP contribution in [0.5, 0.6) is 0 Å². The molecule has 0 saturated carbocycles. The van der Waals surface area contributed by atoms with E-state index < -0.39 is 10.0 Å². The highest BCUT2D eigenvalue weighted by molar-refractivity contribution is 7.92. The van der Waals surface area contributed by atoms with Crippen LogP contribution in [-0.2, 0) is 21.4 Å². The van der Waals surface area contributed by atoms with Crippen molar-refractivity contribution in [3.05, 3.63) is 59.5 Å². The summed E-state index contributed by atoms with van der Waals surface area (Å²) in [5.41, 5.74) is 0.795. The highest BCUT2D eigenvalue weighted by Gasteiger charge is 2.07. The predicted molar refractivity (Wildman–Crippen MR) is 102 cm³/mol. The first-order valence-electron chi connectivity index (χ1n) is 8.43. The Kier molecular flexibility index (Phi) is 7.55. The fourth-order valence-corrected chi connectivity index (χ4v) is 3.11. The Hall–Kier alpha value is -2.45. The second-order valence-corrected chi connectivity index (χ2v) is 7.42. The van der Waals surface area contributed by atoms with Gasteiger partial charge in [0, 0.05) is 43.9 Å². The Bertz CT molecular complexity index is 829. The first-order valence-corrected chi connectivity index (χ1v) is 9.98. The van der Waals surface area contributed by atoms with Gasteiger partial charge in [-0.05, 0) is 25.0 Å². The molecule has 1 heterocycles. The minimum atomic E-state index is -3.56. The van der Waals surface area contributed by atoms with E-state index in [1.54, 1.807) is 6.20 Å². The number of aryl methyl sites for hydroxylation is 2. The number of benzene rings is 1. The number of rotatable bonds is 10. The van der Waals surface area contributed by atoms with Crippen LogP contribution < -0.4 is 10.0 Å². The van der Waals surface area contributed by atoms with E-state index in [1.165, 1.54) is 6.08 Å². The molecule has 1 aromatic heterocycles. The van der Waals surface area contributed by atoms with Gasteiger partial charge in [-0.15, -0.1) is 0 Å². The SMILES string of the molecule is Cc1nccn1CCCNC(=O)CCNS(=O)(=O)C=Cc1ccccc1. The molecule has 2 N–H and O–H groups in total. The molecule has 0 bridgehead atoms. The van der Waals surface area contributed by atoms with Gasteiger partial charge in [-0.25, -0.2) is 18.1 Å². The largest absolute Gasteiger partial charge is 0.356 e. The highest BCUT2D eigenvalue weighted by Crippen LogP contribution is 2.02. The average molecular weight is 376 g/mol. The second-order valence-electron chi connectivity index (χ2n) is 5.77. The van der Waals surface area contributed by atoms with Crippen molar-refractivity contribution in [1.82, 2.24) is 19.6 Å². The van der Waals surface area contributed by atoms with Crippen LogP contribution in [-0.4, -0.2) is 37.0 Å². The number of carbonyl (C=O) groups is 1. The van der Waals surface area contributed by atoms with E-state index in [4.69, 9.17) is 0 Å². The Morgan fingerprint density at radius 3 is 2.69 bits per heavy atom. The van der Waals surface area contributed by atoms with Crippen molar-refractivity contribution in [2.24, 2.45) is 0 Å². The maximum Gasteiger partial charge on any atom is 0.233 e. The third kappa shape index (κ3) is 7.20. The fraction of sp³-hybridized carbons (Fsp3) is 0.333. The smallest absolute Gasteiger partial charge is 0.233 e. The molecule has 0 spiro atoms. The van der Waals surface area contributed by atoms with Crippen molar-refractivity contribution in [2.75, 3.05) is 13.1 Å². The van der Waals surface area contributed by atoms with Crippen molar-refractivity contribution in [2.45, 2.75) is 26.3 Å². The first-order chi connectivity index (χ1) is 12.5. The molecule has 0 radical (unpaired) electrons. The Balaban J connectivity index is 1.62. The molecule has 0 aliphatic rings. The monoisotopic (exact) mass is 376 g/mol. The molecule has 0 unspecified atom stereocenters. The van der Waals surface area contributed by atoms with Crippen LogP contribution >= 0.6 is 0 Å². The van der Waals surface area contributed by atoms with E-state index in [1.807, 2.05) is 48.0 Å². The predicted octanol–water partition coefficient (Wildman–Crippen LogP) is 1.68. The molecule has 0 atom stereocenters. The second kappa shape index (κ2) is 9.88. The third-order valence-electron chi connectivity index (χ3n) is 3.72. The van der Waals surface area contributed by atoms with E-state index in [-0.39, 0.29) is 18.9 Å². The number of amides is 1. The fourth-order valence-electron chi connectivity index (χ4n) is 2.29. The van der Waals surface area contributed by atoms with Gasteiger partial charge in [-0.3, -0.25) is 4.79 Å². The number of aromatic nitrogens is 2. The van der Waals surface area contributed by atoms with Crippen LogP contribution in [0.25, 0.3) is 6.08 Å². The summed E-state index contributed by atoms with van der Waals surface area (Å²) in [6.45, 7) is 3.31. The molecule has 140 valence electrons. The molecule has 0 fully saturated rings. The first kappa shape index (κ1) is 19.9. The molecular weight excluding hydrogens is 352 g/mol. The zero-order chi connectivity index (χ0) is 18.8. The Labute approximate surface area is 154 Å². The lowest BCUT2D eigenvalue weighted by atomic mass is 10.2. The van der Waals surface area contributed by atoms with Gasteiger partial charge in [0.1, 0.15) is 5.82 Å². The number of sulfonamides is 1. The summed E-state index contributed by atoms with van der Waals surface area (Å²) in [5, 5.41) is 3.89. The summed E-state index contributed by atoms with van der Waals surface area (Å²) in [4.78, 5) is 15.9. The number of carbonyl (C=O) groups excluding carboxylic acids is 1. The van der Waals surface area contributed by atoms with Crippen molar-refractivity contribution in [3.8, 4) is 0 Å². The number of nitrogens with one attached hydrogen (secondary N) is 2. The molecule has 26 heavy (non-hydrogen) atoms. The summed E-state index contributed by atoms with van der Waals surface area (Å²) in [6.07, 6.45) is 6.04. The molecule has 1 amide bonds. The lowest BCUT2D eigenvalue weighted by molar-refractivity contribution is -0.120. The maximum absolute atomic E-state index is 11.9. The molecule has 0 aliphatic carbocycles. The lowest BCUT2D eigenvalue weighted by Gasteiger charge is -2.07. The minimum absolute atomic E-state index is 0.0634. The van der Waals surface area contributed by atoms with Crippen molar-refractivity contribution >= 4 is 22.0 Å². The Morgan fingerprint density at radius 2 is 2.00 bits per heavy atom. The van der Waals surface area contributed by atoms with Crippen LogP contribution in [0.3, 0.4) is 0 Å². The standard InChI is InChI=1S/C18H24N4O3S/c1-16-19-12-14-22(16)13-5-10-20-18(23)8-11-21-26(24,25)15-9-17-6-3-2-4-7-17/h2-4,6-7,9,12,14-15,21H,5,8,10-11,13H2,1H3,(H,20,23). The maximum atomic E-state index is 11.9. The van der Waals surface area contributed by atoms with Gasteiger partial charge < -0.3 is 9.88 Å². The highest BCUT2D eigenvalue weighted by atomic mass is 32.2. The molecule has 1 aromatic carbocycles. The van der Waals surface area contributed by atoms with E-state index in [2.05, 4.69) is 15.0 Å². The summed E-state index contributed by atoms with van der Waals surface area (Å²) >= 11 is 0. The molecule has 8 heteroatoms. The van der Waals surface area contributed by atoms with Crippen molar-refractivity contribution in [1.29, 1.82) is 0 Å². The van der Waals surface area contributed by atoms with Crippen LogP contribution in [0.2, 0.25) is 0 Å². The van der Waals surface area contributed by atoms with Crippen LogP contribution in [0.15, 0.2) is 48.1 Å². The molecule has 2 aromatic rings. The molecule has 0 aliphatic heterocycles. The number of hydrogen-bond acceptors (Lipinski definition) is 4. The molecule has 2 rings (SSSR count). The number of imidazole rings is 1. The van der Waals surface area contributed by atoms with Crippen LogP contribution in [0, 0.1) is 6.92 Å². The zero-order valence-electron chi connectivity index (χ0n) is 14.8. The number of nitrogens with zero attached hydrogens (tertiary/aromatic N) is 2. The van der Waals surface area contributed by atoms with Gasteiger partial charge in [0.05, 0.1) is 0 Å². The summed E-state index contributed by atoms with van der Waals surface area (Å²) in [7, 11) is -3.56. The zero-order valence-corrected chi connectivity index (χ0v) is 15.6. The van der Waals surface area contributed by atoms with E-state index in [0.29, 0.717) is 6.54 Å². The van der Waals surface area contributed by atoms with E-state index in [0.717, 1.165) is 29.8 Å². The van der Waals surface area contributed by atoms with Gasteiger partial charge in [0.25, 0.3) is 0 Å². The van der Waals surface area contributed by atoms with Gasteiger partial charge >= 0.3 is 0 Å². The summed E-state index contributed by atoms with van der Waals surface area (Å²) < 4.78 is 28.1. The topological polar surface area (TPSA) is 93.1 Å². The minimum Gasteiger partial charge on any atom is -0.356 e. The van der Waals surface area contributed by atoms with Crippen molar-refractivity contribution < 1.29 is 13.2 Å². The normalized spacial score (nSPS) is 11.7. The Morgan fingerprint density at radius 1 is 1.23 bits per heavy atom. The lowest BCUT2D eigenvalue weighted by Crippen LogP contribution is -2.30. The van der Waals surface area contributed by atoms with Gasteiger partial charge in [0.15, 0.2) is 0 Å². The van der Waals surface area contributed by atoms with E-state index >= 15 is 0 Å². The average Bonchev–Trinajstić information content (AvgIpc) is 3.03. The summed E-state index contributed by atoms with van der Waals surface area (Å²) in [5.74, 6) is 0.761. The number of hydrogen-bond donors (Lipinski definition) is 2. The quantitative estimate of drug-likeness (QED) is 0.617. The summed E-state index contributed by atoms with van der Waals surface area (Å²) in [6, 6.07) is 9.14. The van der Waals surface area contributed by atoms with Gasteiger partial charge in [-0.1, -0.05) is 30.3 Å². The van der Waals surface area contributed by atoms with Crippen LogP contribution in [0.1, 0.15) is 24.2 Å². The van der Waals surface area contributed by atoms with Crippen molar-refractivity contribution in [3.63, 3.8) is 0 Å². The van der Waals surface area contributed by atoms with Gasteiger partial charge in [0.2, 0.25) is 15.9 Å². The molecule has 7 nitrogen and oxygen atoms in total. The van der Waals surface area contributed by atoms with E-state index in [9.17, 15) is 13.2 Å². The van der Waals surface area contributed by atoms with Crippen LogP contribution in [0.4, 0.5) is 0 Å². The molecular formula is C18H24N4O3S. The molecule has 0 saturated heterocycles. The van der Waals surface area contributed by atoms with Gasteiger partial charge in [-0.2, -0.15) is 0 Å².